The maximum atomic E-state index is 12.5. The van der Waals surface area contributed by atoms with Gasteiger partial charge in [0.1, 0.15) is 5.65 Å². The van der Waals surface area contributed by atoms with Crippen LogP contribution in [0.4, 0.5) is 5.82 Å². The predicted octanol–water partition coefficient (Wildman–Crippen LogP) is 2.84. The lowest BCUT2D eigenvalue weighted by Crippen LogP contribution is -2.16. The molecule has 0 atom stereocenters. The number of hydrogen-bond donors (Lipinski definition) is 1. The van der Waals surface area contributed by atoms with E-state index in [1.807, 2.05) is 0 Å². The van der Waals surface area contributed by atoms with E-state index in [1.165, 1.54) is 16.7 Å². The third kappa shape index (κ3) is 2.55. The molecule has 0 aliphatic rings. The number of pyridine rings is 2. The smallest absolute Gasteiger partial charge is 0.282 e. The van der Waals surface area contributed by atoms with E-state index in [1.54, 1.807) is 30.5 Å². The van der Waals surface area contributed by atoms with E-state index in [0.717, 1.165) is 0 Å². The summed E-state index contributed by atoms with van der Waals surface area (Å²) in [5.74, 6) is 0.0288. The fraction of sp³-hybridized carbons (Fsp3) is 0. The maximum absolute atomic E-state index is 12.5. The Bertz CT molecular complexity index is 924. The minimum atomic E-state index is -3.98. The van der Waals surface area contributed by atoms with Crippen molar-refractivity contribution in [3.8, 4) is 0 Å². The molecule has 0 aliphatic heterocycles. The van der Waals surface area contributed by atoms with Crippen molar-refractivity contribution in [3.05, 3.63) is 52.9 Å². The SMILES string of the molecule is O=S(=O)(Nc1ncccc1Cl)c1c(Cl)nc2ccccn12. The van der Waals surface area contributed by atoms with E-state index in [4.69, 9.17) is 23.2 Å². The molecule has 0 aliphatic carbocycles. The van der Waals surface area contributed by atoms with Crippen LogP contribution < -0.4 is 4.72 Å². The molecule has 0 unspecified atom stereocenters. The molecule has 0 bridgehead atoms. The Morgan fingerprint density at radius 3 is 2.71 bits per heavy atom. The van der Waals surface area contributed by atoms with Gasteiger partial charge in [-0.15, -0.1) is 0 Å². The minimum Gasteiger partial charge on any atom is -0.288 e. The molecule has 9 heteroatoms. The zero-order valence-electron chi connectivity index (χ0n) is 10.4. The largest absolute Gasteiger partial charge is 0.288 e. The third-order valence-electron chi connectivity index (χ3n) is 2.69. The predicted molar refractivity (Wildman–Crippen MR) is 80.3 cm³/mol. The zero-order chi connectivity index (χ0) is 15.0. The first-order chi connectivity index (χ1) is 9.99. The quantitative estimate of drug-likeness (QED) is 0.793. The second kappa shape index (κ2) is 5.18. The van der Waals surface area contributed by atoms with Gasteiger partial charge in [-0.25, -0.2) is 9.97 Å². The Morgan fingerprint density at radius 1 is 1.14 bits per heavy atom. The van der Waals surface area contributed by atoms with Crippen LogP contribution in [-0.4, -0.2) is 22.8 Å². The first kappa shape index (κ1) is 14.1. The monoisotopic (exact) mass is 342 g/mol. The van der Waals surface area contributed by atoms with E-state index in [2.05, 4.69) is 14.7 Å². The number of nitrogens with one attached hydrogen (secondary N) is 1. The van der Waals surface area contributed by atoms with Crippen LogP contribution in [0.5, 0.6) is 0 Å². The zero-order valence-corrected chi connectivity index (χ0v) is 12.7. The van der Waals surface area contributed by atoms with Crippen molar-refractivity contribution < 1.29 is 8.42 Å². The van der Waals surface area contributed by atoms with E-state index in [0.29, 0.717) is 5.65 Å². The van der Waals surface area contributed by atoms with Crippen LogP contribution in [0.15, 0.2) is 47.8 Å². The highest BCUT2D eigenvalue weighted by Gasteiger charge is 2.25. The van der Waals surface area contributed by atoms with Crippen LogP contribution in [0.3, 0.4) is 0 Å². The number of aromatic nitrogens is 3. The molecule has 0 spiro atoms. The van der Waals surface area contributed by atoms with Crippen LogP contribution in [-0.2, 0) is 10.0 Å². The topological polar surface area (TPSA) is 76.4 Å². The molecule has 0 amide bonds. The molecule has 0 fully saturated rings. The summed E-state index contributed by atoms with van der Waals surface area (Å²) < 4.78 is 28.7. The fourth-order valence-electron chi connectivity index (χ4n) is 1.82. The van der Waals surface area contributed by atoms with E-state index >= 15 is 0 Å². The van der Waals surface area contributed by atoms with Crippen molar-refractivity contribution in [2.75, 3.05) is 4.72 Å². The second-order valence-electron chi connectivity index (χ2n) is 4.08. The van der Waals surface area contributed by atoms with Gasteiger partial charge < -0.3 is 0 Å². The van der Waals surface area contributed by atoms with Crippen molar-refractivity contribution in [2.24, 2.45) is 0 Å². The van der Waals surface area contributed by atoms with Crippen LogP contribution >= 0.6 is 23.2 Å². The fourth-order valence-corrected chi connectivity index (χ4v) is 3.72. The summed E-state index contributed by atoms with van der Waals surface area (Å²) in [4.78, 5) is 7.89. The van der Waals surface area contributed by atoms with Gasteiger partial charge in [-0.2, -0.15) is 8.42 Å². The normalized spacial score (nSPS) is 11.7. The van der Waals surface area contributed by atoms with Crippen LogP contribution in [0, 0.1) is 0 Å². The molecule has 3 heterocycles. The highest BCUT2D eigenvalue weighted by molar-refractivity contribution is 7.92. The van der Waals surface area contributed by atoms with Gasteiger partial charge in [0.05, 0.1) is 5.02 Å². The molecular weight excluding hydrogens is 335 g/mol. The Kier molecular flexibility index (Phi) is 3.48. The Balaban J connectivity index is 2.13. The average Bonchev–Trinajstić information content (AvgIpc) is 2.77. The lowest BCUT2D eigenvalue weighted by Gasteiger charge is -2.08. The molecular formula is C12H8Cl2N4O2S. The van der Waals surface area contributed by atoms with Crippen LogP contribution in [0.2, 0.25) is 10.2 Å². The van der Waals surface area contributed by atoms with Gasteiger partial charge in [-0.1, -0.05) is 29.3 Å². The van der Waals surface area contributed by atoms with E-state index in [-0.39, 0.29) is 21.0 Å². The Labute approximate surface area is 130 Å². The highest BCUT2D eigenvalue weighted by Crippen LogP contribution is 2.26. The number of fused-ring (bicyclic) bond motifs is 1. The summed E-state index contributed by atoms with van der Waals surface area (Å²) >= 11 is 11.9. The van der Waals surface area contributed by atoms with Gasteiger partial charge in [0.25, 0.3) is 10.0 Å². The summed E-state index contributed by atoms with van der Waals surface area (Å²) in [6, 6.07) is 8.19. The first-order valence-corrected chi connectivity index (χ1v) is 7.99. The molecule has 3 rings (SSSR count). The second-order valence-corrected chi connectivity index (χ2v) is 6.44. The van der Waals surface area contributed by atoms with E-state index in [9.17, 15) is 8.42 Å². The number of anilines is 1. The van der Waals surface area contributed by atoms with Crippen molar-refractivity contribution in [1.82, 2.24) is 14.4 Å². The molecule has 0 radical (unpaired) electrons. The minimum absolute atomic E-state index is 0.0288. The van der Waals surface area contributed by atoms with Gasteiger partial charge in [-0.3, -0.25) is 9.12 Å². The summed E-state index contributed by atoms with van der Waals surface area (Å²) in [5, 5.41) is -0.103. The van der Waals surface area contributed by atoms with Crippen molar-refractivity contribution in [3.63, 3.8) is 0 Å². The number of imidazole rings is 1. The molecule has 3 aromatic heterocycles. The highest BCUT2D eigenvalue weighted by atomic mass is 35.5. The van der Waals surface area contributed by atoms with Crippen LogP contribution in [0.1, 0.15) is 0 Å². The molecule has 6 nitrogen and oxygen atoms in total. The standard InChI is InChI=1S/C12H8Cl2N4O2S/c13-8-4-3-6-15-11(8)17-21(19,20)12-10(14)16-9-5-1-2-7-18(9)12/h1-7H,(H,15,17). The molecule has 1 N–H and O–H groups in total. The maximum Gasteiger partial charge on any atom is 0.282 e. The number of sulfonamides is 1. The third-order valence-corrected chi connectivity index (χ3v) is 4.73. The molecule has 0 aromatic carbocycles. The van der Waals surface area contributed by atoms with Crippen molar-refractivity contribution in [1.29, 1.82) is 0 Å². The van der Waals surface area contributed by atoms with Gasteiger partial charge in [0, 0.05) is 12.4 Å². The van der Waals surface area contributed by atoms with Crippen LogP contribution in [0.25, 0.3) is 5.65 Å². The molecule has 21 heavy (non-hydrogen) atoms. The molecule has 3 aromatic rings. The lowest BCUT2D eigenvalue weighted by molar-refractivity contribution is 0.596. The average molecular weight is 343 g/mol. The number of halogens is 2. The molecule has 108 valence electrons. The lowest BCUT2D eigenvalue weighted by atomic mass is 10.5. The summed E-state index contributed by atoms with van der Waals surface area (Å²) in [7, 11) is -3.98. The van der Waals surface area contributed by atoms with Gasteiger partial charge in [-0.05, 0) is 24.3 Å². The van der Waals surface area contributed by atoms with E-state index < -0.39 is 10.0 Å². The summed E-state index contributed by atoms with van der Waals surface area (Å²) in [5.41, 5.74) is 0.426. The number of nitrogens with zero attached hydrogens (tertiary/aromatic N) is 3. The van der Waals surface area contributed by atoms with Crippen molar-refractivity contribution >= 4 is 44.7 Å². The van der Waals surface area contributed by atoms with Crippen molar-refractivity contribution in [2.45, 2.75) is 5.03 Å². The Hall–Kier alpha value is -1.83. The number of rotatable bonds is 3. The number of hydrogen-bond acceptors (Lipinski definition) is 4. The Morgan fingerprint density at radius 2 is 1.95 bits per heavy atom. The molecule has 0 saturated carbocycles. The van der Waals surface area contributed by atoms with Gasteiger partial charge in [0.2, 0.25) is 0 Å². The summed E-state index contributed by atoms with van der Waals surface area (Å²) in [6.45, 7) is 0. The van der Waals surface area contributed by atoms with Gasteiger partial charge in [0.15, 0.2) is 16.0 Å². The first-order valence-electron chi connectivity index (χ1n) is 5.75. The summed E-state index contributed by atoms with van der Waals surface area (Å²) in [6.07, 6.45) is 2.99. The molecule has 0 saturated heterocycles. The van der Waals surface area contributed by atoms with Gasteiger partial charge >= 0.3 is 0 Å².